The van der Waals surface area contributed by atoms with E-state index in [9.17, 15) is 14.0 Å². The maximum absolute atomic E-state index is 13.1. The fourth-order valence-corrected chi connectivity index (χ4v) is 3.20. The lowest BCUT2D eigenvalue weighted by Gasteiger charge is -2.30. The molecule has 8 heteroatoms. The van der Waals surface area contributed by atoms with Crippen molar-refractivity contribution in [2.45, 2.75) is 19.4 Å². The summed E-state index contributed by atoms with van der Waals surface area (Å²) in [5, 5.41) is 2.71. The van der Waals surface area contributed by atoms with E-state index < -0.39 is 11.9 Å². The molecule has 2 aromatic heterocycles. The van der Waals surface area contributed by atoms with Crippen LogP contribution in [0.3, 0.4) is 0 Å². The van der Waals surface area contributed by atoms with Crippen LogP contribution in [0.4, 0.5) is 15.9 Å². The SMILES string of the molecule is CCC(Oc1ccc(-c2ccc(F)cn2)cc1)C(=O)N1CC(=O)Nc2cccnc21. The van der Waals surface area contributed by atoms with Crippen LogP contribution in [0.15, 0.2) is 60.9 Å². The minimum atomic E-state index is -0.777. The van der Waals surface area contributed by atoms with E-state index in [0.29, 0.717) is 29.4 Å². The van der Waals surface area contributed by atoms with E-state index in [-0.39, 0.29) is 18.4 Å². The first-order valence-electron chi connectivity index (χ1n) is 9.50. The van der Waals surface area contributed by atoms with Gasteiger partial charge in [-0.2, -0.15) is 0 Å². The number of anilines is 2. The normalized spacial score (nSPS) is 13.9. The summed E-state index contributed by atoms with van der Waals surface area (Å²) in [7, 11) is 0. The summed E-state index contributed by atoms with van der Waals surface area (Å²) in [6.07, 6.45) is 2.37. The average molecular weight is 406 g/mol. The van der Waals surface area contributed by atoms with E-state index in [2.05, 4.69) is 15.3 Å². The molecule has 7 nitrogen and oxygen atoms in total. The van der Waals surface area contributed by atoms with E-state index in [4.69, 9.17) is 4.74 Å². The quantitative estimate of drug-likeness (QED) is 0.702. The summed E-state index contributed by atoms with van der Waals surface area (Å²) in [6.45, 7) is 1.72. The maximum atomic E-state index is 13.1. The van der Waals surface area contributed by atoms with Crippen LogP contribution in [-0.2, 0) is 9.59 Å². The van der Waals surface area contributed by atoms with Crippen molar-refractivity contribution in [2.24, 2.45) is 0 Å². The Hall–Kier alpha value is -3.81. The van der Waals surface area contributed by atoms with Gasteiger partial charge in [-0.25, -0.2) is 9.37 Å². The number of carbonyl (C=O) groups excluding carboxylic acids is 2. The number of halogens is 1. The molecule has 1 unspecified atom stereocenters. The number of amides is 2. The molecule has 1 aliphatic rings. The molecule has 3 aromatic rings. The third kappa shape index (κ3) is 3.98. The Morgan fingerprint density at radius 1 is 1.20 bits per heavy atom. The van der Waals surface area contributed by atoms with Gasteiger partial charge in [-0.3, -0.25) is 19.5 Å². The van der Waals surface area contributed by atoms with Crippen molar-refractivity contribution >= 4 is 23.3 Å². The van der Waals surface area contributed by atoms with Crippen LogP contribution in [0, 0.1) is 5.82 Å². The Labute approximate surface area is 172 Å². The summed E-state index contributed by atoms with van der Waals surface area (Å²) >= 11 is 0. The first kappa shape index (κ1) is 19.5. The number of hydrogen-bond acceptors (Lipinski definition) is 5. The molecule has 4 rings (SSSR count). The van der Waals surface area contributed by atoms with Crippen molar-refractivity contribution in [3.8, 4) is 17.0 Å². The summed E-state index contributed by atoms with van der Waals surface area (Å²) in [5.41, 5.74) is 1.92. The first-order chi connectivity index (χ1) is 14.5. The van der Waals surface area contributed by atoms with Crippen LogP contribution in [0.1, 0.15) is 13.3 Å². The molecule has 1 aliphatic heterocycles. The van der Waals surface area contributed by atoms with Gasteiger partial charge in [0.05, 0.1) is 17.6 Å². The standard InChI is InChI=1S/C22H19FN4O3/c1-2-19(22(29)27-13-20(28)26-18-4-3-11-24-21(18)27)30-16-8-5-14(6-9-16)17-10-7-15(23)12-25-17/h3-12,19H,2,13H2,1H3,(H,26,28). The molecule has 2 amide bonds. The Kier molecular flexibility index (Phi) is 5.38. The molecule has 152 valence electrons. The van der Waals surface area contributed by atoms with Crippen LogP contribution in [0.2, 0.25) is 0 Å². The molecule has 0 radical (unpaired) electrons. The van der Waals surface area contributed by atoms with Crippen molar-refractivity contribution in [3.63, 3.8) is 0 Å². The number of aromatic nitrogens is 2. The molecule has 30 heavy (non-hydrogen) atoms. The number of fused-ring (bicyclic) bond motifs is 1. The van der Waals surface area contributed by atoms with Crippen LogP contribution < -0.4 is 15.0 Å². The highest BCUT2D eigenvalue weighted by atomic mass is 19.1. The second kappa shape index (κ2) is 8.28. The largest absolute Gasteiger partial charge is 0.481 e. The highest BCUT2D eigenvalue weighted by Gasteiger charge is 2.33. The maximum Gasteiger partial charge on any atom is 0.269 e. The molecule has 3 heterocycles. The van der Waals surface area contributed by atoms with E-state index in [0.717, 1.165) is 11.8 Å². The third-order valence-corrected chi connectivity index (χ3v) is 4.69. The Bertz CT molecular complexity index is 1070. The summed E-state index contributed by atoms with van der Waals surface area (Å²) < 4.78 is 19.0. The zero-order valence-corrected chi connectivity index (χ0v) is 16.2. The van der Waals surface area contributed by atoms with Gasteiger partial charge in [0.2, 0.25) is 5.91 Å². The molecule has 1 atom stereocenters. The van der Waals surface area contributed by atoms with Crippen LogP contribution in [0.25, 0.3) is 11.3 Å². The van der Waals surface area contributed by atoms with Gasteiger partial charge in [0, 0.05) is 11.8 Å². The number of benzene rings is 1. The van der Waals surface area contributed by atoms with Crippen molar-refractivity contribution < 1.29 is 18.7 Å². The number of rotatable bonds is 5. The number of carbonyl (C=O) groups is 2. The van der Waals surface area contributed by atoms with Crippen molar-refractivity contribution in [1.29, 1.82) is 0 Å². The van der Waals surface area contributed by atoms with E-state index >= 15 is 0 Å². The second-order valence-corrected chi connectivity index (χ2v) is 6.75. The molecule has 0 aliphatic carbocycles. The molecule has 0 saturated heterocycles. The Morgan fingerprint density at radius 2 is 2.00 bits per heavy atom. The van der Waals surface area contributed by atoms with E-state index in [1.54, 1.807) is 48.7 Å². The Morgan fingerprint density at radius 3 is 2.70 bits per heavy atom. The zero-order chi connectivity index (χ0) is 21.1. The number of nitrogens with one attached hydrogen (secondary N) is 1. The molecule has 0 saturated carbocycles. The minimum Gasteiger partial charge on any atom is -0.481 e. The fraction of sp³-hybridized carbons (Fsp3) is 0.182. The lowest BCUT2D eigenvalue weighted by atomic mass is 10.1. The highest BCUT2D eigenvalue weighted by Crippen LogP contribution is 2.28. The van der Waals surface area contributed by atoms with Gasteiger partial charge in [0.1, 0.15) is 18.1 Å². The topological polar surface area (TPSA) is 84.4 Å². The van der Waals surface area contributed by atoms with Crippen LogP contribution in [-0.4, -0.2) is 34.4 Å². The van der Waals surface area contributed by atoms with Gasteiger partial charge < -0.3 is 10.1 Å². The number of ether oxygens (including phenoxy) is 1. The summed E-state index contributed by atoms with van der Waals surface area (Å²) in [4.78, 5) is 34.7. The van der Waals surface area contributed by atoms with Gasteiger partial charge in [-0.15, -0.1) is 0 Å². The van der Waals surface area contributed by atoms with Crippen molar-refractivity contribution in [3.05, 3.63) is 66.7 Å². The number of nitrogens with zero attached hydrogens (tertiary/aromatic N) is 3. The van der Waals surface area contributed by atoms with Gasteiger partial charge in [-0.1, -0.05) is 6.92 Å². The van der Waals surface area contributed by atoms with Crippen LogP contribution in [0.5, 0.6) is 5.75 Å². The molecule has 1 aromatic carbocycles. The molecule has 0 fully saturated rings. The van der Waals surface area contributed by atoms with Gasteiger partial charge >= 0.3 is 0 Å². The molecule has 0 spiro atoms. The molecular formula is C22H19FN4O3. The fourth-order valence-electron chi connectivity index (χ4n) is 3.20. The summed E-state index contributed by atoms with van der Waals surface area (Å²) in [6, 6.07) is 13.4. The molecule has 1 N–H and O–H groups in total. The third-order valence-electron chi connectivity index (χ3n) is 4.69. The predicted octanol–water partition coefficient (Wildman–Crippen LogP) is 3.43. The van der Waals surface area contributed by atoms with Crippen LogP contribution >= 0.6 is 0 Å². The van der Waals surface area contributed by atoms with Gasteiger partial charge in [0.25, 0.3) is 5.91 Å². The van der Waals surface area contributed by atoms with Crippen molar-refractivity contribution in [2.75, 3.05) is 16.8 Å². The van der Waals surface area contributed by atoms with E-state index in [1.807, 2.05) is 6.92 Å². The first-order valence-corrected chi connectivity index (χ1v) is 9.50. The van der Waals surface area contributed by atoms with Gasteiger partial charge in [0.15, 0.2) is 11.9 Å². The van der Waals surface area contributed by atoms with Crippen molar-refractivity contribution in [1.82, 2.24) is 9.97 Å². The van der Waals surface area contributed by atoms with Gasteiger partial charge in [-0.05, 0) is 55.0 Å². The second-order valence-electron chi connectivity index (χ2n) is 6.75. The lowest BCUT2D eigenvalue weighted by Crippen LogP contribution is -2.48. The lowest BCUT2D eigenvalue weighted by molar-refractivity contribution is -0.127. The zero-order valence-electron chi connectivity index (χ0n) is 16.2. The number of hydrogen-bond donors (Lipinski definition) is 1. The highest BCUT2D eigenvalue weighted by molar-refractivity contribution is 6.10. The predicted molar refractivity (Wildman–Crippen MR) is 110 cm³/mol. The monoisotopic (exact) mass is 406 g/mol. The minimum absolute atomic E-state index is 0.113. The summed E-state index contributed by atoms with van der Waals surface area (Å²) in [5.74, 6) is -0.109. The molecular weight excluding hydrogens is 387 g/mol. The smallest absolute Gasteiger partial charge is 0.269 e. The molecule has 0 bridgehead atoms. The average Bonchev–Trinajstić information content (AvgIpc) is 2.77. The van der Waals surface area contributed by atoms with E-state index in [1.165, 1.54) is 11.0 Å². The Balaban J connectivity index is 1.51. The number of pyridine rings is 2.